The van der Waals surface area contributed by atoms with Gasteiger partial charge in [0.05, 0.1) is 12.1 Å². The van der Waals surface area contributed by atoms with Crippen LogP contribution in [0.25, 0.3) is 5.65 Å². The van der Waals surface area contributed by atoms with Gasteiger partial charge in [-0.15, -0.1) is 0 Å². The van der Waals surface area contributed by atoms with E-state index in [4.69, 9.17) is 0 Å². The van der Waals surface area contributed by atoms with Crippen molar-refractivity contribution in [3.8, 4) is 0 Å². The minimum absolute atomic E-state index is 0.138. The summed E-state index contributed by atoms with van der Waals surface area (Å²) in [6, 6.07) is 13.2. The molecule has 3 heterocycles. The molecule has 0 unspecified atom stereocenters. The van der Waals surface area contributed by atoms with E-state index in [-0.39, 0.29) is 11.9 Å². The van der Waals surface area contributed by atoms with Crippen LogP contribution in [0, 0.1) is 0 Å². The van der Waals surface area contributed by atoms with E-state index < -0.39 is 0 Å². The molecule has 168 valence electrons. The Kier molecular flexibility index (Phi) is 7.01. The van der Waals surface area contributed by atoms with E-state index in [2.05, 4.69) is 26.7 Å². The van der Waals surface area contributed by atoms with E-state index in [1.165, 1.54) is 0 Å². The summed E-state index contributed by atoms with van der Waals surface area (Å²) >= 11 is 0. The third kappa shape index (κ3) is 5.64. The summed E-state index contributed by atoms with van der Waals surface area (Å²) < 4.78 is 2.04. The number of fused-ring (bicyclic) bond motifs is 1. The fourth-order valence-corrected chi connectivity index (χ4v) is 3.85. The first-order valence-corrected chi connectivity index (χ1v) is 11.2. The molecule has 3 aromatic rings. The summed E-state index contributed by atoms with van der Waals surface area (Å²) in [5, 5.41) is 5.57. The van der Waals surface area contributed by atoms with E-state index >= 15 is 0 Å². The van der Waals surface area contributed by atoms with E-state index in [0.717, 1.165) is 61.7 Å². The molecule has 8 nitrogen and oxygen atoms in total. The summed E-state index contributed by atoms with van der Waals surface area (Å²) in [5.41, 5.74) is 3.67. The fourth-order valence-electron chi connectivity index (χ4n) is 3.85. The van der Waals surface area contributed by atoms with Crippen LogP contribution in [0.15, 0.2) is 54.9 Å². The van der Waals surface area contributed by atoms with Crippen molar-refractivity contribution in [3.63, 3.8) is 0 Å². The van der Waals surface area contributed by atoms with Crippen molar-refractivity contribution >= 4 is 23.3 Å². The number of benzene rings is 1. The molecule has 1 aliphatic rings. The Morgan fingerprint density at radius 2 is 1.81 bits per heavy atom. The molecule has 2 N–H and O–H groups in total. The minimum atomic E-state index is -0.211. The SMILES string of the molecule is CCCNC(=O)Nc1ccc(CC(=O)N2CCN(Cc3cn4ccccc4n3)CC2)cc1. The summed E-state index contributed by atoms with van der Waals surface area (Å²) in [7, 11) is 0. The highest BCUT2D eigenvalue weighted by Crippen LogP contribution is 2.13. The Bertz CT molecular complexity index is 1020. The quantitative estimate of drug-likeness (QED) is 0.599. The number of carbonyl (C=O) groups is 2. The first-order valence-electron chi connectivity index (χ1n) is 11.2. The third-order valence-corrected chi connectivity index (χ3v) is 5.63. The van der Waals surface area contributed by atoms with Crippen LogP contribution in [-0.4, -0.2) is 63.8 Å². The van der Waals surface area contributed by atoms with Crippen molar-refractivity contribution < 1.29 is 9.59 Å². The lowest BCUT2D eigenvalue weighted by Gasteiger charge is -2.34. The fraction of sp³-hybridized carbons (Fsp3) is 0.375. The molecular weight excluding hydrogens is 404 g/mol. The van der Waals surface area contributed by atoms with Gasteiger partial charge in [0.1, 0.15) is 5.65 Å². The number of nitrogens with one attached hydrogen (secondary N) is 2. The molecule has 4 rings (SSSR count). The summed E-state index contributed by atoms with van der Waals surface area (Å²) in [6.45, 7) is 6.58. The van der Waals surface area contributed by atoms with Gasteiger partial charge < -0.3 is 19.9 Å². The predicted molar refractivity (Wildman–Crippen MR) is 125 cm³/mol. The van der Waals surface area contributed by atoms with E-state index in [9.17, 15) is 9.59 Å². The standard InChI is InChI=1S/C24H30N6O2/c1-2-10-25-24(32)27-20-8-6-19(7-9-20)16-23(31)29-14-12-28(13-15-29)17-21-18-30-11-4-3-5-22(30)26-21/h3-9,11,18H,2,10,12-17H2,1H3,(H2,25,27,32). The van der Waals surface area contributed by atoms with Crippen LogP contribution < -0.4 is 10.6 Å². The molecule has 1 saturated heterocycles. The van der Waals surface area contributed by atoms with Gasteiger partial charge in [-0.05, 0) is 36.2 Å². The first-order chi connectivity index (χ1) is 15.6. The number of pyridine rings is 1. The highest BCUT2D eigenvalue weighted by molar-refractivity contribution is 5.89. The molecule has 1 aliphatic heterocycles. The Morgan fingerprint density at radius 3 is 2.53 bits per heavy atom. The second-order valence-corrected chi connectivity index (χ2v) is 8.11. The zero-order chi connectivity index (χ0) is 22.3. The maximum atomic E-state index is 12.7. The maximum Gasteiger partial charge on any atom is 0.319 e. The second-order valence-electron chi connectivity index (χ2n) is 8.11. The van der Waals surface area contributed by atoms with Crippen molar-refractivity contribution in [3.05, 3.63) is 66.1 Å². The second kappa shape index (κ2) is 10.3. The first kappa shape index (κ1) is 21.8. The molecule has 0 saturated carbocycles. The smallest absolute Gasteiger partial charge is 0.319 e. The lowest BCUT2D eigenvalue weighted by Crippen LogP contribution is -2.48. The lowest BCUT2D eigenvalue weighted by atomic mass is 10.1. The number of urea groups is 1. The van der Waals surface area contributed by atoms with Gasteiger partial charge in [-0.2, -0.15) is 0 Å². The minimum Gasteiger partial charge on any atom is -0.340 e. The number of aromatic nitrogens is 2. The maximum absolute atomic E-state index is 12.7. The van der Waals surface area contributed by atoms with Crippen molar-refractivity contribution in [1.82, 2.24) is 24.5 Å². The number of anilines is 1. The van der Waals surface area contributed by atoms with Crippen LogP contribution in [0.1, 0.15) is 24.6 Å². The number of carbonyl (C=O) groups excluding carboxylic acids is 2. The zero-order valence-corrected chi connectivity index (χ0v) is 18.5. The van der Waals surface area contributed by atoms with E-state index in [1.54, 1.807) is 0 Å². The van der Waals surface area contributed by atoms with Crippen molar-refractivity contribution in [2.45, 2.75) is 26.3 Å². The summed E-state index contributed by atoms with van der Waals surface area (Å²) in [5.74, 6) is 0.138. The van der Waals surface area contributed by atoms with Crippen LogP contribution in [-0.2, 0) is 17.8 Å². The number of nitrogens with zero attached hydrogens (tertiary/aromatic N) is 4. The number of hydrogen-bond acceptors (Lipinski definition) is 4. The van der Waals surface area contributed by atoms with Crippen molar-refractivity contribution in [1.29, 1.82) is 0 Å². The molecule has 0 bridgehead atoms. The van der Waals surface area contributed by atoms with Gasteiger partial charge in [-0.3, -0.25) is 9.69 Å². The molecular formula is C24H30N6O2. The zero-order valence-electron chi connectivity index (χ0n) is 18.5. The number of amides is 3. The average molecular weight is 435 g/mol. The van der Waals surface area contributed by atoms with Gasteiger partial charge in [-0.25, -0.2) is 9.78 Å². The predicted octanol–water partition coefficient (Wildman–Crippen LogP) is 2.75. The largest absolute Gasteiger partial charge is 0.340 e. The summed E-state index contributed by atoms with van der Waals surface area (Å²) in [4.78, 5) is 33.4. The number of hydrogen-bond donors (Lipinski definition) is 2. The van der Waals surface area contributed by atoms with Crippen LogP contribution in [0.3, 0.4) is 0 Å². The number of rotatable bonds is 7. The molecule has 8 heteroatoms. The van der Waals surface area contributed by atoms with Gasteiger partial charge >= 0.3 is 6.03 Å². The summed E-state index contributed by atoms with van der Waals surface area (Å²) in [6.07, 6.45) is 5.34. The molecule has 1 aromatic carbocycles. The van der Waals surface area contributed by atoms with Crippen LogP contribution in [0.2, 0.25) is 0 Å². The lowest BCUT2D eigenvalue weighted by molar-refractivity contribution is -0.132. The van der Waals surface area contributed by atoms with Crippen LogP contribution in [0.4, 0.5) is 10.5 Å². The third-order valence-electron chi connectivity index (χ3n) is 5.63. The van der Waals surface area contributed by atoms with Crippen LogP contribution >= 0.6 is 0 Å². The van der Waals surface area contributed by atoms with Gasteiger partial charge in [0.2, 0.25) is 5.91 Å². The molecule has 1 fully saturated rings. The van der Waals surface area contributed by atoms with Gasteiger partial charge in [0.25, 0.3) is 0 Å². The van der Waals surface area contributed by atoms with E-state index in [1.807, 2.05) is 64.9 Å². The highest BCUT2D eigenvalue weighted by atomic mass is 16.2. The topological polar surface area (TPSA) is 82.0 Å². The molecule has 0 aliphatic carbocycles. The molecule has 0 spiro atoms. The molecule has 32 heavy (non-hydrogen) atoms. The normalized spacial score (nSPS) is 14.5. The highest BCUT2D eigenvalue weighted by Gasteiger charge is 2.21. The number of piperazine rings is 1. The Balaban J connectivity index is 1.23. The van der Waals surface area contributed by atoms with Gasteiger partial charge in [0.15, 0.2) is 0 Å². The average Bonchev–Trinajstić information content (AvgIpc) is 3.22. The molecule has 2 aromatic heterocycles. The molecule has 0 radical (unpaired) electrons. The van der Waals surface area contributed by atoms with Gasteiger partial charge in [-0.1, -0.05) is 25.1 Å². The van der Waals surface area contributed by atoms with Crippen molar-refractivity contribution in [2.24, 2.45) is 0 Å². The van der Waals surface area contributed by atoms with Crippen molar-refractivity contribution in [2.75, 3.05) is 38.0 Å². The van der Waals surface area contributed by atoms with E-state index in [0.29, 0.717) is 13.0 Å². The Labute approximate surface area is 188 Å². The Morgan fingerprint density at radius 1 is 1.03 bits per heavy atom. The monoisotopic (exact) mass is 434 g/mol. The number of imidazole rings is 1. The Hall–Kier alpha value is -3.39. The molecule has 3 amide bonds. The van der Waals surface area contributed by atoms with Gasteiger partial charge in [0, 0.05) is 57.3 Å². The van der Waals surface area contributed by atoms with Crippen LogP contribution in [0.5, 0.6) is 0 Å². The molecule has 0 atom stereocenters.